The van der Waals surface area contributed by atoms with E-state index in [0.717, 1.165) is 9.87 Å². The van der Waals surface area contributed by atoms with Crippen molar-refractivity contribution in [2.24, 2.45) is 0 Å². The Labute approximate surface area is 196 Å². The van der Waals surface area contributed by atoms with Gasteiger partial charge in [-0.3, -0.25) is 9.36 Å². The molecule has 1 aromatic carbocycles. The predicted octanol–water partition coefficient (Wildman–Crippen LogP) is 3.02. The van der Waals surface area contributed by atoms with Crippen molar-refractivity contribution < 1.29 is 22.4 Å². The second-order valence-electron chi connectivity index (χ2n) is 7.09. The molecule has 1 amide bonds. The molecular weight excluding hydrogens is 466 g/mol. The maximum Gasteiger partial charge on any atom is 0.246 e. The van der Waals surface area contributed by atoms with Gasteiger partial charge in [0.1, 0.15) is 16.4 Å². The number of hydrogen-bond acceptors (Lipinski definition) is 8. The van der Waals surface area contributed by atoms with E-state index in [0.29, 0.717) is 29.0 Å². The number of furan rings is 1. The number of nitrogens with one attached hydrogen (secondary N) is 1. The Morgan fingerprint density at radius 2 is 2.09 bits per heavy atom. The van der Waals surface area contributed by atoms with E-state index in [-0.39, 0.29) is 22.3 Å². The third-order valence-corrected chi connectivity index (χ3v) is 7.47. The topological polar surface area (TPSA) is 120 Å². The number of nitrogens with zero attached hydrogens (tertiary/aromatic N) is 4. The molecule has 0 saturated heterocycles. The summed E-state index contributed by atoms with van der Waals surface area (Å²) in [7, 11) is 0.484. The number of carbonyl (C=O) groups is 1. The lowest BCUT2D eigenvalue weighted by Crippen LogP contribution is -2.23. The number of ether oxygens (including phenoxy) is 1. The lowest BCUT2D eigenvalue weighted by molar-refractivity contribution is -0.113. The van der Waals surface area contributed by atoms with Gasteiger partial charge in [0.25, 0.3) is 0 Å². The van der Waals surface area contributed by atoms with Gasteiger partial charge in [-0.15, -0.1) is 16.8 Å². The lowest BCUT2D eigenvalue weighted by atomic mass is 10.2. The Kier molecular flexibility index (Phi) is 7.61. The number of benzene rings is 1. The molecule has 2 aromatic heterocycles. The summed E-state index contributed by atoms with van der Waals surface area (Å²) in [5, 5.41) is 11.7. The van der Waals surface area contributed by atoms with Crippen LogP contribution < -0.4 is 10.1 Å². The summed E-state index contributed by atoms with van der Waals surface area (Å²) in [5.41, 5.74) is 1.15. The number of anilines is 1. The van der Waals surface area contributed by atoms with Gasteiger partial charge in [-0.05, 0) is 31.2 Å². The SMILES string of the molecule is C=CCn1c(SCC(=O)Nc2ccc(OC)c(S(=O)(=O)N(C)C)c2)nnc1-c1ccoc1C. The van der Waals surface area contributed by atoms with Gasteiger partial charge in [-0.1, -0.05) is 17.8 Å². The van der Waals surface area contributed by atoms with E-state index in [4.69, 9.17) is 9.15 Å². The Balaban J connectivity index is 1.76. The van der Waals surface area contributed by atoms with Crippen molar-refractivity contribution in [2.75, 3.05) is 32.3 Å². The highest BCUT2D eigenvalue weighted by Gasteiger charge is 2.23. The van der Waals surface area contributed by atoms with E-state index in [9.17, 15) is 13.2 Å². The number of thioether (sulfide) groups is 1. The van der Waals surface area contributed by atoms with Gasteiger partial charge in [0.05, 0.1) is 24.7 Å². The zero-order valence-corrected chi connectivity index (χ0v) is 20.4. The van der Waals surface area contributed by atoms with Crippen molar-refractivity contribution in [1.29, 1.82) is 0 Å². The Bertz CT molecular complexity index is 1260. The molecule has 0 aliphatic carbocycles. The molecule has 12 heteroatoms. The van der Waals surface area contributed by atoms with Gasteiger partial charge in [0, 0.05) is 26.3 Å². The number of rotatable bonds is 10. The number of aryl methyl sites for hydroxylation is 1. The normalized spacial score (nSPS) is 11.5. The molecule has 2 heterocycles. The molecule has 3 rings (SSSR count). The fourth-order valence-electron chi connectivity index (χ4n) is 2.99. The van der Waals surface area contributed by atoms with Crippen molar-refractivity contribution in [1.82, 2.24) is 19.1 Å². The van der Waals surface area contributed by atoms with E-state index < -0.39 is 10.0 Å². The van der Waals surface area contributed by atoms with Crippen LogP contribution in [-0.4, -0.2) is 60.4 Å². The first-order valence-corrected chi connectivity index (χ1v) is 12.2. The third kappa shape index (κ3) is 5.29. The fourth-order valence-corrected chi connectivity index (χ4v) is 4.81. The molecule has 0 aliphatic heterocycles. The number of carbonyl (C=O) groups excluding carboxylic acids is 1. The van der Waals surface area contributed by atoms with Crippen molar-refractivity contribution in [3.63, 3.8) is 0 Å². The third-order valence-electron chi connectivity index (χ3n) is 4.67. The van der Waals surface area contributed by atoms with Crippen molar-refractivity contribution in [3.8, 4) is 17.1 Å². The maximum absolute atomic E-state index is 12.6. The average Bonchev–Trinajstić information content (AvgIpc) is 3.37. The summed E-state index contributed by atoms with van der Waals surface area (Å²) >= 11 is 1.21. The average molecular weight is 492 g/mol. The predicted molar refractivity (Wildman–Crippen MR) is 126 cm³/mol. The highest BCUT2D eigenvalue weighted by Crippen LogP contribution is 2.30. The fraction of sp³-hybridized carbons (Fsp3) is 0.286. The van der Waals surface area contributed by atoms with Crippen LogP contribution in [0.3, 0.4) is 0 Å². The molecule has 3 aromatic rings. The van der Waals surface area contributed by atoms with Gasteiger partial charge < -0.3 is 14.5 Å². The highest BCUT2D eigenvalue weighted by atomic mass is 32.2. The minimum absolute atomic E-state index is 0.0358. The largest absolute Gasteiger partial charge is 0.495 e. The molecule has 0 radical (unpaired) electrons. The van der Waals surface area contributed by atoms with Crippen molar-refractivity contribution in [2.45, 2.75) is 23.5 Å². The van der Waals surface area contributed by atoms with Crippen LogP contribution in [-0.2, 0) is 21.4 Å². The number of hydrogen-bond donors (Lipinski definition) is 1. The monoisotopic (exact) mass is 491 g/mol. The van der Waals surface area contributed by atoms with Gasteiger partial charge in [0.2, 0.25) is 15.9 Å². The van der Waals surface area contributed by atoms with Crippen LogP contribution in [0.2, 0.25) is 0 Å². The molecular formula is C21H25N5O5S2. The summed E-state index contributed by atoms with van der Waals surface area (Å²) in [5.74, 6) is 1.24. The Morgan fingerprint density at radius 3 is 2.70 bits per heavy atom. The molecule has 10 nitrogen and oxygen atoms in total. The standard InChI is InChI=1S/C21H25N5O5S2/c1-6-10-26-20(16-9-11-31-14(16)2)23-24-21(26)32-13-19(27)22-15-7-8-17(30-5)18(12-15)33(28,29)25(3)4/h6-9,11-12H,1,10,13H2,2-5H3,(H,22,27). The van der Waals surface area contributed by atoms with E-state index in [1.165, 1.54) is 45.1 Å². The second-order valence-corrected chi connectivity index (χ2v) is 10.1. The summed E-state index contributed by atoms with van der Waals surface area (Å²) < 4.78 is 38.6. The van der Waals surface area contributed by atoms with Crippen LogP contribution in [0.4, 0.5) is 5.69 Å². The van der Waals surface area contributed by atoms with E-state index in [1.54, 1.807) is 18.4 Å². The van der Waals surface area contributed by atoms with Crippen LogP contribution in [0.5, 0.6) is 5.75 Å². The Hall–Kier alpha value is -3.09. The van der Waals surface area contributed by atoms with E-state index >= 15 is 0 Å². The highest BCUT2D eigenvalue weighted by molar-refractivity contribution is 7.99. The van der Waals surface area contributed by atoms with Crippen LogP contribution >= 0.6 is 11.8 Å². The van der Waals surface area contributed by atoms with E-state index in [2.05, 4.69) is 22.1 Å². The number of allylic oxidation sites excluding steroid dienone is 1. The number of methoxy groups -OCH3 is 1. The van der Waals surface area contributed by atoms with Crippen molar-refractivity contribution in [3.05, 3.63) is 48.9 Å². The molecule has 0 bridgehead atoms. The van der Waals surface area contributed by atoms with Crippen LogP contribution in [0.25, 0.3) is 11.4 Å². The first kappa shape index (κ1) is 24.6. The van der Waals surface area contributed by atoms with Gasteiger partial charge >= 0.3 is 0 Å². The number of amides is 1. The van der Waals surface area contributed by atoms with Crippen LogP contribution in [0.1, 0.15) is 5.76 Å². The molecule has 33 heavy (non-hydrogen) atoms. The lowest BCUT2D eigenvalue weighted by Gasteiger charge is -2.16. The van der Waals surface area contributed by atoms with E-state index in [1.807, 2.05) is 17.6 Å². The maximum atomic E-state index is 12.6. The van der Waals surface area contributed by atoms with Crippen molar-refractivity contribution >= 4 is 33.4 Å². The molecule has 0 atom stereocenters. The summed E-state index contributed by atoms with van der Waals surface area (Å²) in [6.45, 7) is 6.07. The zero-order valence-electron chi connectivity index (χ0n) is 18.7. The molecule has 0 unspecified atom stereocenters. The quantitative estimate of drug-likeness (QED) is 0.339. The molecule has 1 N–H and O–H groups in total. The van der Waals surface area contributed by atoms with Crippen LogP contribution in [0.15, 0.2) is 57.7 Å². The van der Waals surface area contributed by atoms with Crippen LogP contribution in [0, 0.1) is 6.92 Å². The minimum Gasteiger partial charge on any atom is -0.495 e. The second kappa shape index (κ2) is 10.2. The molecule has 0 aliphatic rings. The van der Waals surface area contributed by atoms with Gasteiger partial charge in [0.15, 0.2) is 11.0 Å². The first-order valence-electron chi connectivity index (χ1n) is 9.80. The Morgan fingerprint density at radius 1 is 1.33 bits per heavy atom. The summed E-state index contributed by atoms with van der Waals surface area (Å²) in [6.07, 6.45) is 3.30. The number of sulfonamides is 1. The minimum atomic E-state index is -3.75. The molecule has 0 saturated carbocycles. The van der Waals surface area contributed by atoms with Gasteiger partial charge in [-0.2, -0.15) is 0 Å². The first-order chi connectivity index (χ1) is 15.7. The summed E-state index contributed by atoms with van der Waals surface area (Å²) in [6, 6.07) is 6.26. The van der Waals surface area contributed by atoms with Gasteiger partial charge in [-0.25, -0.2) is 12.7 Å². The molecule has 0 spiro atoms. The molecule has 176 valence electrons. The summed E-state index contributed by atoms with van der Waals surface area (Å²) in [4.78, 5) is 12.5. The smallest absolute Gasteiger partial charge is 0.246 e. The zero-order chi connectivity index (χ0) is 24.2. The number of aromatic nitrogens is 3. The molecule has 0 fully saturated rings.